The van der Waals surface area contributed by atoms with Gasteiger partial charge in [-0.2, -0.15) is 0 Å². The predicted molar refractivity (Wildman–Crippen MR) is 134 cm³/mol. The molecule has 1 aliphatic rings. The topological polar surface area (TPSA) is 108 Å². The third-order valence-corrected chi connectivity index (χ3v) is 5.88. The summed E-state index contributed by atoms with van der Waals surface area (Å²) >= 11 is 0. The second-order valence-electron chi connectivity index (χ2n) is 10.3. The molecule has 0 radical (unpaired) electrons. The lowest BCUT2D eigenvalue weighted by atomic mass is 9.87. The van der Waals surface area contributed by atoms with E-state index in [-0.39, 0.29) is 30.8 Å². The largest absolute Gasteiger partial charge is 0.481 e. The van der Waals surface area contributed by atoms with E-state index in [4.69, 9.17) is 4.74 Å². The molecule has 0 unspecified atom stereocenters. The molecule has 0 saturated heterocycles. The number of nitrogens with zero attached hydrogens (tertiary/aromatic N) is 1. The fourth-order valence-corrected chi connectivity index (χ4v) is 4.30. The number of hydrogen-bond acceptors (Lipinski definition) is 5. The fourth-order valence-electron chi connectivity index (χ4n) is 4.30. The van der Waals surface area contributed by atoms with Crippen molar-refractivity contribution in [3.63, 3.8) is 0 Å². The van der Waals surface area contributed by atoms with E-state index in [0.717, 1.165) is 16.8 Å². The van der Waals surface area contributed by atoms with Crippen LogP contribution >= 0.6 is 0 Å². The molecule has 3 rings (SSSR count). The Morgan fingerprint density at radius 2 is 1.83 bits per heavy atom. The molecule has 194 valence electrons. The fraction of sp³-hybridized carbons (Fsp3) is 0.444. The van der Waals surface area contributed by atoms with Gasteiger partial charge < -0.3 is 25.4 Å². The summed E-state index contributed by atoms with van der Waals surface area (Å²) in [6.07, 6.45) is -0.0550. The van der Waals surface area contributed by atoms with Gasteiger partial charge in [-0.15, -0.1) is 0 Å². The van der Waals surface area contributed by atoms with Crippen LogP contribution in [0.1, 0.15) is 44.7 Å². The second kappa shape index (κ2) is 11.9. The summed E-state index contributed by atoms with van der Waals surface area (Å²) in [5.74, 6) is -1.85. The second-order valence-corrected chi connectivity index (χ2v) is 10.3. The van der Waals surface area contributed by atoms with Crippen LogP contribution in [0.15, 0.2) is 48.5 Å². The predicted octanol–water partition coefficient (Wildman–Crippen LogP) is 3.88. The summed E-state index contributed by atoms with van der Waals surface area (Å²) in [6.45, 7) is 6.74. The summed E-state index contributed by atoms with van der Waals surface area (Å²) in [6, 6.07) is 12.1. The molecule has 1 heterocycles. The molecule has 1 aliphatic heterocycles. The molecule has 0 aromatic heterocycles. The van der Waals surface area contributed by atoms with Crippen molar-refractivity contribution in [1.82, 2.24) is 10.6 Å². The zero-order valence-corrected chi connectivity index (χ0v) is 20.9. The number of ether oxygens (including phenoxy) is 1. The maximum Gasteiger partial charge on any atom is 0.408 e. The van der Waals surface area contributed by atoms with Gasteiger partial charge in [0, 0.05) is 18.8 Å². The van der Waals surface area contributed by atoms with Crippen LogP contribution in [0.3, 0.4) is 0 Å². The third kappa shape index (κ3) is 8.25. The number of benzene rings is 2. The Balaban J connectivity index is 1.67. The van der Waals surface area contributed by atoms with E-state index in [1.807, 2.05) is 56.0 Å². The number of carboxylic acid groups (broad SMARTS) is 1. The molecule has 9 heteroatoms. The van der Waals surface area contributed by atoms with Crippen LogP contribution in [-0.2, 0) is 27.4 Å². The van der Waals surface area contributed by atoms with Crippen molar-refractivity contribution in [1.29, 1.82) is 0 Å². The number of carbonyl (C=O) groups is 3. The van der Waals surface area contributed by atoms with Crippen molar-refractivity contribution in [2.24, 2.45) is 5.41 Å². The number of alkyl carbamates (subject to hydrolysis) is 1. The quantitative estimate of drug-likeness (QED) is 0.458. The number of carboxylic acids is 1. The smallest absolute Gasteiger partial charge is 0.408 e. The van der Waals surface area contributed by atoms with Crippen LogP contribution in [-0.4, -0.2) is 48.2 Å². The Labute approximate surface area is 210 Å². The van der Waals surface area contributed by atoms with Crippen molar-refractivity contribution >= 4 is 23.7 Å². The highest BCUT2D eigenvalue weighted by molar-refractivity contribution is 5.86. The molecule has 0 bridgehead atoms. The average Bonchev–Trinajstić information content (AvgIpc) is 3.18. The zero-order chi connectivity index (χ0) is 26.3. The van der Waals surface area contributed by atoms with E-state index in [0.29, 0.717) is 19.4 Å². The summed E-state index contributed by atoms with van der Waals surface area (Å²) in [4.78, 5) is 39.2. The van der Waals surface area contributed by atoms with Gasteiger partial charge in [0.25, 0.3) is 0 Å². The Hall–Kier alpha value is -3.62. The van der Waals surface area contributed by atoms with E-state index in [1.165, 1.54) is 12.1 Å². The molecule has 0 saturated carbocycles. The molecular weight excluding hydrogens is 465 g/mol. The number of fused-ring (bicyclic) bond motifs is 1. The SMILES string of the molecule is CC(C)(C)C[C@H](NC(=O)OCc1ccccc1)C(=O)N[C@@H](CC(=O)O)CN1CCc2cc(F)ccc21. The van der Waals surface area contributed by atoms with Gasteiger partial charge in [0.1, 0.15) is 18.5 Å². The Morgan fingerprint density at radius 3 is 2.50 bits per heavy atom. The van der Waals surface area contributed by atoms with E-state index >= 15 is 0 Å². The van der Waals surface area contributed by atoms with E-state index in [9.17, 15) is 23.9 Å². The number of amides is 2. The number of nitrogens with one attached hydrogen (secondary N) is 2. The van der Waals surface area contributed by atoms with Crippen molar-refractivity contribution in [2.45, 2.75) is 58.7 Å². The van der Waals surface area contributed by atoms with Crippen molar-refractivity contribution in [2.75, 3.05) is 18.0 Å². The molecule has 0 spiro atoms. The first-order valence-corrected chi connectivity index (χ1v) is 12.0. The maximum absolute atomic E-state index is 13.6. The van der Waals surface area contributed by atoms with E-state index in [2.05, 4.69) is 10.6 Å². The first-order valence-electron chi connectivity index (χ1n) is 12.0. The highest BCUT2D eigenvalue weighted by Crippen LogP contribution is 2.29. The minimum Gasteiger partial charge on any atom is -0.481 e. The summed E-state index contributed by atoms with van der Waals surface area (Å²) in [5, 5.41) is 14.9. The molecule has 3 N–H and O–H groups in total. The van der Waals surface area contributed by atoms with Gasteiger partial charge in [0.2, 0.25) is 5.91 Å². The van der Waals surface area contributed by atoms with Crippen LogP contribution in [0.2, 0.25) is 0 Å². The van der Waals surface area contributed by atoms with Gasteiger partial charge >= 0.3 is 12.1 Å². The summed E-state index contributed by atoms with van der Waals surface area (Å²) in [5.41, 5.74) is 2.20. The lowest BCUT2D eigenvalue weighted by Crippen LogP contribution is -2.53. The molecule has 2 amide bonds. The van der Waals surface area contributed by atoms with Gasteiger partial charge in [0.15, 0.2) is 0 Å². The lowest BCUT2D eigenvalue weighted by Gasteiger charge is -2.30. The first kappa shape index (κ1) is 27.0. The van der Waals surface area contributed by atoms with Crippen LogP contribution in [0, 0.1) is 11.2 Å². The number of aliphatic carboxylic acids is 1. The van der Waals surface area contributed by atoms with Crippen molar-refractivity contribution in [3.05, 3.63) is 65.5 Å². The van der Waals surface area contributed by atoms with Crippen LogP contribution < -0.4 is 15.5 Å². The van der Waals surface area contributed by atoms with Crippen molar-refractivity contribution in [3.8, 4) is 0 Å². The molecule has 8 nitrogen and oxygen atoms in total. The number of halogens is 1. The lowest BCUT2D eigenvalue weighted by molar-refractivity contribution is -0.137. The highest BCUT2D eigenvalue weighted by Gasteiger charge is 2.31. The average molecular weight is 500 g/mol. The van der Waals surface area contributed by atoms with Crippen LogP contribution in [0.5, 0.6) is 0 Å². The number of carbonyl (C=O) groups excluding carboxylic acids is 2. The van der Waals surface area contributed by atoms with Gasteiger partial charge in [-0.25, -0.2) is 9.18 Å². The van der Waals surface area contributed by atoms with Crippen LogP contribution in [0.4, 0.5) is 14.9 Å². The van der Waals surface area contributed by atoms with Gasteiger partial charge in [-0.3, -0.25) is 9.59 Å². The van der Waals surface area contributed by atoms with Gasteiger partial charge in [-0.05, 0) is 47.6 Å². The Kier molecular flexibility index (Phi) is 8.90. The minimum absolute atomic E-state index is 0.0626. The monoisotopic (exact) mass is 499 g/mol. The Morgan fingerprint density at radius 1 is 1.11 bits per heavy atom. The third-order valence-electron chi connectivity index (χ3n) is 5.88. The van der Waals surface area contributed by atoms with E-state index < -0.39 is 30.1 Å². The van der Waals surface area contributed by atoms with Crippen molar-refractivity contribution < 1.29 is 28.6 Å². The first-order chi connectivity index (χ1) is 17.0. The molecule has 0 fully saturated rings. The van der Waals surface area contributed by atoms with Gasteiger partial charge in [-0.1, -0.05) is 51.1 Å². The van der Waals surface area contributed by atoms with Crippen LogP contribution in [0.25, 0.3) is 0 Å². The number of anilines is 1. The maximum atomic E-state index is 13.6. The molecular formula is C27H34FN3O5. The molecule has 2 aromatic carbocycles. The summed E-state index contributed by atoms with van der Waals surface area (Å²) < 4.78 is 18.9. The minimum atomic E-state index is -1.05. The molecule has 2 aromatic rings. The number of rotatable bonds is 10. The number of hydrogen-bond donors (Lipinski definition) is 3. The standard InChI is InChI=1S/C27H34FN3O5/c1-27(2,3)15-22(30-26(35)36-17-18-7-5-4-6-8-18)25(34)29-21(14-24(32)33)16-31-12-11-19-13-20(28)9-10-23(19)31/h4-10,13,21-22H,11-12,14-17H2,1-3H3,(H,29,34)(H,30,35)(H,32,33)/t21-,22-/m0/s1. The highest BCUT2D eigenvalue weighted by atomic mass is 19.1. The summed E-state index contributed by atoms with van der Waals surface area (Å²) in [7, 11) is 0. The van der Waals surface area contributed by atoms with Gasteiger partial charge in [0.05, 0.1) is 12.5 Å². The van der Waals surface area contributed by atoms with E-state index in [1.54, 1.807) is 6.07 Å². The molecule has 0 aliphatic carbocycles. The Bertz CT molecular complexity index is 1070. The zero-order valence-electron chi connectivity index (χ0n) is 20.9. The molecule has 36 heavy (non-hydrogen) atoms. The normalized spacial score (nSPS) is 14.5. The molecule has 2 atom stereocenters.